The minimum atomic E-state index is -0.681. The minimum absolute atomic E-state index is 0.0646. The van der Waals surface area contributed by atoms with Gasteiger partial charge in [0, 0.05) is 52.5 Å². The van der Waals surface area contributed by atoms with Gasteiger partial charge in [0.1, 0.15) is 52.9 Å². The lowest BCUT2D eigenvalue weighted by Gasteiger charge is -2.21. The van der Waals surface area contributed by atoms with Crippen LogP contribution in [-0.4, -0.2) is 19.9 Å². The molecule has 0 saturated heterocycles. The summed E-state index contributed by atoms with van der Waals surface area (Å²) in [6.07, 6.45) is 4.55. The van der Waals surface area contributed by atoms with Gasteiger partial charge in [-0.15, -0.1) is 0 Å². The van der Waals surface area contributed by atoms with Crippen molar-refractivity contribution >= 4 is 33.4 Å². The molecule has 0 spiro atoms. The van der Waals surface area contributed by atoms with Crippen LogP contribution in [0, 0.1) is 34.6 Å². The summed E-state index contributed by atoms with van der Waals surface area (Å²) in [5.41, 5.74) is 16.8. The first-order valence-electron chi connectivity index (χ1n) is 15.7. The SMILES string of the molecule is CC(N)c1ccc2cccnc2c1-c1cc(F)cc(F)c1.CC(Nc1ncnc(N)c1C#N)c1ccc2cccnc2c1-c1cc(F)cc(F)c1. The first kappa shape index (κ1) is 34.4. The molecular formula is C39H30F4N8. The summed E-state index contributed by atoms with van der Waals surface area (Å²) < 4.78 is 55.1. The van der Waals surface area contributed by atoms with Crippen molar-refractivity contribution in [2.45, 2.75) is 25.9 Å². The second kappa shape index (κ2) is 14.6. The quantitative estimate of drug-likeness (QED) is 0.148. The highest BCUT2D eigenvalue weighted by molar-refractivity contribution is 5.96. The molecular weight excluding hydrogens is 656 g/mol. The van der Waals surface area contributed by atoms with E-state index in [1.807, 2.05) is 62.4 Å². The second-order valence-corrected chi connectivity index (χ2v) is 11.8. The number of nitriles is 1. The van der Waals surface area contributed by atoms with Gasteiger partial charge in [-0.25, -0.2) is 27.5 Å². The molecule has 4 aromatic carbocycles. The summed E-state index contributed by atoms with van der Waals surface area (Å²) in [7, 11) is 0. The molecule has 2 atom stereocenters. The Kier molecular flexibility index (Phi) is 9.84. The molecule has 0 bridgehead atoms. The third-order valence-electron chi connectivity index (χ3n) is 8.21. The van der Waals surface area contributed by atoms with Crippen LogP contribution in [0.15, 0.2) is 104 Å². The van der Waals surface area contributed by atoms with Crippen molar-refractivity contribution in [1.29, 1.82) is 5.26 Å². The number of benzene rings is 4. The van der Waals surface area contributed by atoms with Crippen LogP contribution in [0.3, 0.4) is 0 Å². The molecule has 7 rings (SSSR count). The van der Waals surface area contributed by atoms with Gasteiger partial charge < -0.3 is 16.8 Å². The van der Waals surface area contributed by atoms with Gasteiger partial charge >= 0.3 is 0 Å². The molecule has 0 aliphatic heterocycles. The van der Waals surface area contributed by atoms with Crippen LogP contribution < -0.4 is 16.8 Å². The average Bonchev–Trinajstić information content (AvgIpc) is 3.10. The highest BCUT2D eigenvalue weighted by atomic mass is 19.1. The number of nitrogens with one attached hydrogen (secondary N) is 1. The van der Waals surface area contributed by atoms with E-state index in [-0.39, 0.29) is 29.3 Å². The Hall–Kier alpha value is -6.45. The van der Waals surface area contributed by atoms with E-state index in [2.05, 4.69) is 25.3 Å². The third-order valence-corrected chi connectivity index (χ3v) is 8.21. The topological polar surface area (TPSA) is 139 Å². The molecule has 0 aliphatic carbocycles. The number of anilines is 2. The number of nitrogens with two attached hydrogens (primary N) is 2. The number of hydrogen-bond acceptors (Lipinski definition) is 8. The summed E-state index contributed by atoms with van der Waals surface area (Å²) in [6, 6.07) is 23.1. The molecule has 8 nitrogen and oxygen atoms in total. The maximum absolute atomic E-state index is 14.0. The van der Waals surface area contributed by atoms with Crippen LogP contribution in [-0.2, 0) is 0 Å². The molecule has 0 aliphatic rings. The maximum Gasteiger partial charge on any atom is 0.150 e. The van der Waals surface area contributed by atoms with Gasteiger partial charge in [-0.2, -0.15) is 5.26 Å². The summed E-state index contributed by atoms with van der Waals surface area (Å²) in [6.45, 7) is 3.69. The van der Waals surface area contributed by atoms with Gasteiger partial charge in [-0.3, -0.25) is 9.97 Å². The van der Waals surface area contributed by atoms with Gasteiger partial charge in [0.05, 0.1) is 17.1 Å². The Bertz CT molecular complexity index is 2400. The van der Waals surface area contributed by atoms with E-state index in [9.17, 15) is 22.8 Å². The molecule has 5 N–H and O–H groups in total. The van der Waals surface area contributed by atoms with Gasteiger partial charge in [0.25, 0.3) is 0 Å². The van der Waals surface area contributed by atoms with Crippen molar-refractivity contribution < 1.29 is 17.6 Å². The Morgan fingerprint density at radius 3 is 1.65 bits per heavy atom. The van der Waals surface area contributed by atoms with Gasteiger partial charge in [-0.05, 0) is 72.5 Å². The molecule has 3 aromatic heterocycles. The number of pyridine rings is 2. The summed E-state index contributed by atoms with van der Waals surface area (Å²) >= 11 is 0. The molecule has 0 fully saturated rings. The van der Waals surface area contributed by atoms with Crippen LogP contribution in [0.1, 0.15) is 42.6 Å². The number of hydrogen-bond donors (Lipinski definition) is 3. The Morgan fingerprint density at radius 1 is 0.667 bits per heavy atom. The average molecular weight is 687 g/mol. The summed E-state index contributed by atoms with van der Waals surface area (Å²) in [5.74, 6) is -2.26. The fourth-order valence-electron chi connectivity index (χ4n) is 5.97. The molecule has 2 unspecified atom stereocenters. The van der Waals surface area contributed by atoms with E-state index in [1.54, 1.807) is 18.5 Å². The number of nitrogen functional groups attached to an aromatic ring is 1. The van der Waals surface area contributed by atoms with Crippen molar-refractivity contribution in [3.05, 3.63) is 144 Å². The van der Waals surface area contributed by atoms with Crippen LogP contribution in [0.4, 0.5) is 29.2 Å². The Labute approximate surface area is 290 Å². The van der Waals surface area contributed by atoms with Crippen molar-refractivity contribution in [1.82, 2.24) is 19.9 Å². The third kappa shape index (κ3) is 7.29. The highest BCUT2D eigenvalue weighted by Crippen LogP contribution is 2.37. The van der Waals surface area contributed by atoms with Crippen molar-refractivity contribution in [2.75, 3.05) is 11.1 Å². The lowest BCUT2D eigenvalue weighted by atomic mass is 9.92. The van der Waals surface area contributed by atoms with Crippen LogP contribution in [0.5, 0.6) is 0 Å². The van der Waals surface area contributed by atoms with Crippen LogP contribution in [0.25, 0.3) is 44.1 Å². The predicted molar refractivity (Wildman–Crippen MR) is 190 cm³/mol. The molecule has 51 heavy (non-hydrogen) atoms. The first-order valence-corrected chi connectivity index (χ1v) is 15.7. The summed E-state index contributed by atoms with van der Waals surface area (Å²) in [5, 5.41) is 14.3. The Balaban J connectivity index is 0.000000187. The number of fused-ring (bicyclic) bond motifs is 2. The molecule has 0 amide bonds. The monoisotopic (exact) mass is 686 g/mol. The Morgan fingerprint density at radius 2 is 1.16 bits per heavy atom. The molecule has 7 aromatic rings. The van der Waals surface area contributed by atoms with E-state index >= 15 is 0 Å². The zero-order valence-corrected chi connectivity index (χ0v) is 27.4. The van der Waals surface area contributed by atoms with Crippen molar-refractivity contribution in [2.24, 2.45) is 5.73 Å². The van der Waals surface area contributed by atoms with Crippen molar-refractivity contribution in [3.8, 4) is 28.3 Å². The molecule has 254 valence electrons. The van der Waals surface area contributed by atoms with Gasteiger partial charge in [-0.1, -0.05) is 36.4 Å². The van der Waals surface area contributed by atoms with Crippen LogP contribution >= 0.6 is 0 Å². The van der Waals surface area contributed by atoms with Gasteiger partial charge in [0.2, 0.25) is 0 Å². The normalized spacial score (nSPS) is 12.1. The predicted octanol–water partition coefficient (Wildman–Crippen LogP) is 8.80. The number of halogens is 4. The van der Waals surface area contributed by atoms with E-state index in [1.165, 1.54) is 30.6 Å². The molecule has 0 saturated carbocycles. The lowest BCUT2D eigenvalue weighted by molar-refractivity contribution is 0.583. The van der Waals surface area contributed by atoms with Gasteiger partial charge in [0.15, 0.2) is 0 Å². The fourth-order valence-corrected chi connectivity index (χ4v) is 5.97. The molecule has 12 heteroatoms. The molecule has 0 radical (unpaired) electrons. The zero-order chi connectivity index (χ0) is 36.2. The molecule has 3 heterocycles. The second-order valence-electron chi connectivity index (χ2n) is 11.8. The zero-order valence-electron chi connectivity index (χ0n) is 27.4. The van der Waals surface area contributed by atoms with Crippen LogP contribution in [0.2, 0.25) is 0 Å². The summed E-state index contributed by atoms with van der Waals surface area (Å²) in [4.78, 5) is 16.7. The maximum atomic E-state index is 14.0. The van der Waals surface area contributed by atoms with E-state index in [0.717, 1.165) is 34.0 Å². The van der Waals surface area contributed by atoms with E-state index in [0.29, 0.717) is 33.3 Å². The van der Waals surface area contributed by atoms with Crippen molar-refractivity contribution in [3.63, 3.8) is 0 Å². The number of aromatic nitrogens is 4. The number of nitrogens with zero attached hydrogens (tertiary/aromatic N) is 5. The standard InChI is InChI=1S/C22H16F2N6.C17H14F2N2/c1-12(30-22-18(10-25)21(26)28-11-29-22)17-5-4-13-3-2-6-27-20(13)19(17)14-7-15(23)9-16(24)8-14;1-10(20)15-5-4-11-3-2-6-21-17(11)16(15)12-7-13(18)9-14(19)8-12/h2-9,11-12H,1H3,(H3,26,28,29,30);2-10H,20H2,1H3. The number of rotatable bonds is 6. The van der Waals surface area contributed by atoms with E-state index < -0.39 is 23.3 Å². The lowest BCUT2D eigenvalue weighted by Crippen LogP contribution is -2.12. The smallest absolute Gasteiger partial charge is 0.150 e. The largest absolute Gasteiger partial charge is 0.382 e. The fraction of sp³-hybridized carbons (Fsp3) is 0.103. The first-order chi connectivity index (χ1) is 24.5. The van der Waals surface area contributed by atoms with E-state index in [4.69, 9.17) is 11.5 Å². The minimum Gasteiger partial charge on any atom is -0.382 e. The highest BCUT2D eigenvalue weighted by Gasteiger charge is 2.20.